The number of hydrogen-bond acceptors (Lipinski definition) is 3. The standard InChI is InChI=1S/C10H6BrClFN3/c11-6-1-2-8(7(12)3-6)16-10-4-9(13)14-5-15-10/h1-5H,(H,14,15,16). The predicted molar refractivity (Wildman–Crippen MR) is 64.4 cm³/mol. The molecule has 1 aromatic heterocycles. The fraction of sp³-hybridized carbons (Fsp3) is 0. The van der Waals surface area contributed by atoms with Gasteiger partial charge < -0.3 is 5.32 Å². The van der Waals surface area contributed by atoms with Gasteiger partial charge in [-0.25, -0.2) is 9.97 Å². The van der Waals surface area contributed by atoms with Gasteiger partial charge in [0.15, 0.2) is 0 Å². The van der Waals surface area contributed by atoms with Crippen molar-refractivity contribution in [1.29, 1.82) is 0 Å². The molecule has 1 heterocycles. The molecule has 0 aliphatic rings. The average Bonchev–Trinajstić information content (AvgIpc) is 2.22. The number of halogens is 3. The Hall–Kier alpha value is -1.20. The van der Waals surface area contributed by atoms with Gasteiger partial charge in [-0.2, -0.15) is 4.39 Å². The smallest absolute Gasteiger partial charge is 0.218 e. The van der Waals surface area contributed by atoms with Crippen LogP contribution in [-0.4, -0.2) is 9.97 Å². The number of hydrogen-bond donors (Lipinski definition) is 1. The summed E-state index contributed by atoms with van der Waals surface area (Å²) in [6.45, 7) is 0. The number of benzene rings is 1. The maximum absolute atomic E-state index is 12.8. The van der Waals surface area contributed by atoms with Crippen molar-refractivity contribution >= 4 is 39.0 Å². The molecule has 3 nitrogen and oxygen atoms in total. The molecule has 6 heteroatoms. The zero-order chi connectivity index (χ0) is 11.5. The van der Waals surface area contributed by atoms with Crippen molar-refractivity contribution in [2.24, 2.45) is 0 Å². The Morgan fingerprint density at radius 2 is 2.06 bits per heavy atom. The highest BCUT2D eigenvalue weighted by molar-refractivity contribution is 9.10. The van der Waals surface area contributed by atoms with Crippen LogP contribution in [0.4, 0.5) is 15.9 Å². The molecule has 2 rings (SSSR count). The van der Waals surface area contributed by atoms with Crippen LogP contribution in [0.3, 0.4) is 0 Å². The number of nitrogens with zero attached hydrogens (tertiary/aromatic N) is 2. The van der Waals surface area contributed by atoms with Gasteiger partial charge in [0, 0.05) is 10.5 Å². The summed E-state index contributed by atoms with van der Waals surface area (Å²) in [6, 6.07) is 6.53. The summed E-state index contributed by atoms with van der Waals surface area (Å²) in [6.07, 6.45) is 1.14. The van der Waals surface area contributed by atoms with E-state index >= 15 is 0 Å². The Balaban J connectivity index is 2.27. The summed E-state index contributed by atoms with van der Waals surface area (Å²) >= 11 is 9.29. The van der Waals surface area contributed by atoms with E-state index in [0.29, 0.717) is 16.5 Å². The molecular formula is C10H6BrClFN3. The number of aromatic nitrogens is 2. The molecule has 0 spiro atoms. The lowest BCUT2D eigenvalue weighted by atomic mass is 10.3. The number of anilines is 2. The van der Waals surface area contributed by atoms with Gasteiger partial charge in [0.2, 0.25) is 5.95 Å². The molecule has 2 aromatic rings. The summed E-state index contributed by atoms with van der Waals surface area (Å²) in [5.74, 6) is -0.234. The monoisotopic (exact) mass is 301 g/mol. The van der Waals surface area contributed by atoms with Crippen molar-refractivity contribution in [2.75, 3.05) is 5.32 Å². The van der Waals surface area contributed by atoms with Crippen molar-refractivity contribution in [2.45, 2.75) is 0 Å². The van der Waals surface area contributed by atoms with Crippen LogP contribution in [0.25, 0.3) is 0 Å². The quantitative estimate of drug-likeness (QED) is 0.858. The van der Waals surface area contributed by atoms with Gasteiger partial charge in [-0.3, -0.25) is 0 Å². The molecule has 0 aliphatic heterocycles. The van der Waals surface area contributed by atoms with E-state index in [1.807, 2.05) is 6.07 Å². The van der Waals surface area contributed by atoms with Gasteiger partial charge in [-0.1, -0.05) is 27.5 Å². The molecule has 0 atom stereocenters. The van der Waals surface area contributed by atoms with Gasteiger partial charge in [0.1, 0.15) is 12.1 Å². The van der Waals surface area contributed by atoms with Crippen LogP contribution in [0.2, 0.25) is 5.02 Å². The van der Waals surface area contributed by atoms with Crippen molar-refractivity contribution in [3.63, 3.8) is 0 Å². The minimum atomic E-state index is -0.592. The number of nitrogens with one attached hydrogen (secondary N) is 1. The zero-order valence-corrected chi connectivity index (χ0v) is 10.3. The normalized spacial score (nSPS) is 10.2. The molecule has 0 unspecified atom stereocenters. The van der Waals surface area contributed by atoms with E-state index < -0.39 is 5.95 Å². The van der Waals surface area contributed by atoms with Crippen LogP contribution in [0.15, 0.2) is 35.1 Å². The first-order valence-corrected chi connectivity index (χ1v) is 5.52. The second kappa shape index (κ2) is 4.76. The first-order valence-electron chi connectivity index (χ1n) is 4.35. The molecule has 1 N–H and O–H groups in total. The summed E-state index contributed by atoms with van der Waals surface area (Å²) in [5, 5.41) is 3.42. The second-order valence-electron chi connectivity index (χ2n) is 2.98. The maximum Gasteiger partial charge on any atom is 0.218 e. The Morgan fingerprint density at radius 1 is 1.25 bits per heavy atom. The third kappa shape index (κ3) is 2.68. The van der Waals surface area contributed by atoms with Crippen LogP contribution in [0.1, 0.15) is 0 Å². The minimum Gasteiger partial charge on any atom is -0.339 e. The van der Waals surface area contributed by atoms with E-state index in [4.69, 9.17) is 11.6 Å². The van der Waals surface area contributed by atoms with Gasteiger partial charge in [0.25, 0.3) is 0 Å². The van der Waals surface area contributed by atoms with E-state index in [2.05, 4.69) is 31.2 Å². The first-order chi connectivity index (χ1) is 7.65. The maximum atomic E-state index is 12.8. The lowest BCUT2D eigenvalue weighted by molar-refractivity contribution is 0.580. The molecule has 0 saturated carbocycles. The average molecular weight is 303 g/mol. The Labute approximate surface area is 105 Å². The van der Waals surface area contributed by atoms with Gasteiger partial charge in [-0.15, -0.1) is 0 Å². The number of rotatable bonds is 2. The van der Waals surface area contributed by atoms with Gasteiger partial charge in [0.05, 0.1) is 10.7 Å². The topological polar surface area (TPSA) is 37.8 Å². The van der Waals surface area contributed by atoms with Crippen LogP contribution in [0, 0.1) is 5.95 Å². The first kappa shape index (κ1) is 11.3. The largest absolute Gasteiger partial charge is 0.339 e. The van der Waals surface area contributed by atoms with E-state index in [-0.39, 0.29) is 0 Å². The zero-order valence-electron chi connectivity index (χ0n) is 7.92. The lowest BCUT2D eigenvalue weighted by Crippen LogP contribution is -1.96. The van der Waals surface area contributed by atoms with Crippen molar-refractivity contribution in [1.82, 2.24) is 9.97 Å². The highest BCUT2D eigenvalue weighted by Crippen LogP contribution is 2.27. The Kier molecular flexibility index (Phi) is 3.36. The minimum absolute atomic E-state index is 0.358. The molecule has 82 valence electrons. The van der Waals surface area contributed by atoms with Crippen LogP contribution < -0.4 is 5.32 Å². The van der Waals surface area contributed by atoms with Crippen molar-refractivity contribution < 1.29 is 4.39 Å². The van der Waals surface area contributed by atoms with E-state index in [9.17, 15) is 4.39 Å². The molecule has 0 bridgehead atoms. The van der Waals surface area contributed by atoms with E-state index in [1.54, 1.807) is 12.1 Å². The highest BCUT2D eigenvalue weighted by atomic mass is 79.9. The predicted octanol–water partition coefficient (Wildman–Crippen LogP) is 3.78. The molecule has 0 aliphatic carbocycles. The van der Waals surface area contributed by atoms with Crippen molar-refractivity contribution in [3.8, 4) is 0 Å². The molecule has 0 radical (unpaired) electrons. The van der Waals surface area contributed by atoms with Gasteiger partial charge >= 0.3 is 0 Å². The molecule has 1 aromatic carbocycles. The highest BCUT2D eigenvalue weighted by Gasteiger charge is 2.03. The van der Waals surface area contributed by atoms with E-state index in [0.717, 1.165) is 10.8 Å². The van der Waals surface area contributed by atoms with E-state index in [1.165, 1.54) is 6.07 Å². The summed E-state index contributed by atoms with van der Waals surface area (Å²) in [4.78, 5) is 7.23. The SMILES string of the molecule is Fc1cc(Nc2ccc(Br)cc2Cl)ncn1. The fourth-order valence-corrected chi connectivity index (χ4v) is 1.85. The Morgan fingerprint density at radius 3 is 2.75 bits per heavy atom. The molecule has 0 fully saturated rings. The second-order valence-corrected chi connectivity index (χ2v) is 4.30. The molecule has 0 saturated heterocycles. The summed E-state index contributed by atoms with van der Waals surface area (Å²) in [5.41, 5.74) is 0.656. The summed E-state index contributed by atoms with van der Waals surface area (Å²) < 4.78 is 13.7. The lowest BCUT2D eigenvalue weighted by Gasteiger charge is -2.07. The third-order valence-corrected chi connectivity index (χ3v) is 2.63. The van der Waals surface area contributed by atoms with Crippen LogP contribution in [0.5, 0.6) is 0 Å². The third-order valence-electron chi connectivity index (χ3n) is 1.83. The van der Waals surface area contributed by atoms with Gasteiger partial charge in [-0.05, 0) is 18.2 Å². The summed E-state index contributed by atoms with van der Waals surface area (Å²) in [7, 11) is 0. The van der Waals surface area contributed by atoms with Crippen LogP contribution in [-0.2, 0) is 0 Å². The fourth-order valence-electron chi connectivity index (χ4n) is 1.13. The van der Waals surface area contributed by atoms with Crippen molar-refractivity contribution in [3.05, 3.63) is 46.0 Å². The molecular weight excluding hydrogens is 296 g/mol. The van der Waals surface area contributed by atoms with Crippen LogP contribution >= 0.6 is 27.5 Å². The Bertz CT molecular complexity index is 521. The molecule has 0 amide bonds. The molecule has 16 heavy (non-hydrogen) atoms.